The van der Waals surface area contributed by atoms with Crippen LogP contribution in [0.25, 0.3) is 0 Å². The van der Waals surface area contributed by atoms with Gasteiger partial charge in [0.25, 0.3) is 0 Å². The minimum atomic E-state index is 0.357. The fourth-order valence-corrected chi connectivity index (χ4v) is 2.10. The predicted octanol–water partition coefficient (Wildman–Crippen LogP) is 1.75. The molecule has 1 fully saturated rings. The zero-order chi connectivity index (χ0) is 14.3. The van der Waals surface area contributed by atoms with Gasteiger partial charge >= 0.3 is 0 Å². The molecule has 0 amide bonds. The van der Waals surface area contributed by atoms with Gasteiger partial charge in [-0.05, 0) is 18.8 Å². The van der Waals surface area contributed by atoms with Crippen LogP contribution >= 0.6 is 0 Å². The molecule has 0 spiro atoms. The topological polar surface area (TPSA) is 53.6 Å². The molecule has 19 heavy (non-hydrogen) atoms. The first kappa shape index (κ1) is 15.8. The highest BCUT2D eigenvalue weighted by atomic mass is 15.2. The summed E-state index contributed by atoms with van der Waals surface area (Å²) in [5.74, 6) is 1.09. The number of nitrogens with two attached hydrogens (primary N) is 1. The van der Waals surface area contributed by atoms with Crippen LogP contribution in [-0.2, 0) is 0 Å². The Labute approximate surface area is 117 Å². The molecule has 4 nitrogen and oxygen atoms in total. The average molecular weight is 264 g/mol. The van der Waals surface area contributed by atoms with Crippen molar-refractivity contribution in [3.05, 3.63) is 25.3 Å². The Morgan fingerprint density at radius 2 is 1.95 bits per heavy atom. The van der Waals surface area contributed by atoms with Crippen LogP contribution in [0, 0.1) is 5.92 Å². The van der Waals surface area contributed by atoms with Crippen LogP contribution in [0.15, 0.2) is 30.3 Å². The molecule has 1 unspecified atom stereocenters. The van der Waals surface area contributed by atoms with Gasteiger partial charge in [0, 0.05) is 25.2 Å². The van der Waals surface area contributed by atoms with Crippen molar-refractivity contribution in [2.75, 3.05) is 19.6 Å². The highest BCUT2D eigenvalue weighted by molar-refractivity contribution is 5.78. The van der Waals surface area contributed by atoms with Crippen LogP contribution < -0.4 is 11.1 Å². The van der Waals surface area contributed by atoms with E-state index in [9.17, 15) is 0 Å². The molecule has 4 heteroatoms. The number of guanidine groups is 1. The highest BCUT2D eigenvalue weighted by Crippen LogP contribution is 2.18. The van der Waals surface area contributed by atoms with E-state index in [-0.39, 0.29) is 0 Å². The summed E-state index contributed by atoms with van der Waals surface area (Å²) < 4.78 is 0. The Bertz CT molecular complexity index is 308. The fourth-order valence-electron chi connectivity index (χ4n) is 2.10. The Kier molecular flexibility index (Phi) is 6.64. The van der Waals surface area contributed by atoms with Crippen LogP contribution in [0.1, 0.15) is 26.7 Å². The van der Waals surface area contributed by atoms with Gasteiger partial charge in [-0.15, -0.1) is 13.2 Å². The first-order valence-electron chi connectivity index (χ1n) is 7.10. The van der Waals surface area contributed by atoms with E-state index in [0.29, 0.717) is 30.5 Å². The van der Waals surface area contributed by atoms with Crippen LogP contribution in [0.5, 0.6) is 0 Å². The number of nitrogens with one attached hydrogen (secondary N) is 1. The summed E-state index contributed by atoms with van der Waals surface area (Å²) >= 11 is 0. The van der Waals surface area contributed by atoms with Gasteiger partial charge < -0.3 is 11.1 Å². The molecule has 1 aliphatic rings. The third-order valence-electron chi connectivity index (χ3n) is 3.34. The van der Waals surface area contributed by atoms with Crippen molar-refractivity contribution in [3.63, 3.8) is 0 Å². The Morgan fingerprint density at radius 3 is 2.37 bits per heavy atom. The molecule has 1 saturated carbocycles. The molecule has 108 valence electrons. The van der Waals surface area contributed by atoms with Crippen molar-refractivity contribution in [1.82, 2.24) is 10.2 Å². The standard InChI is InChI=1S/C15H28N4/c1-5-9-19(10-6-2)14(12(3)4)11-17-15(16)18-13-7-8-13/h5-6,12-14H,1-2,7-11H2,3-4H3,(H3,16,17,18). The molecule has 0 heterocycles. The minimum Gasteiger partial charge on any atom is -0.370 e. The molecule has 0 saturated heterocycles. The van der Waals surface area contributed by atoms with Crippen LogP contribution in [0.4, 0.5) is 0 Å². The van der Waals surface area contributed by atoms with Crippen LogP contribution in [0.2, 0.25) is 0 Å². The summed E-state index contributed by atoms with van der Waals surface area (Å²) in [6.07, 6.45) is 6.27. The van der Waals surface area contributed by atoms with Gasteiger partial charge in [0.15, 0.2) is 5.96 Å². The first-order valence-corrected chi connectivity index (χ1v) is 7.10. The summed E-state index contributed by atoms with van der Waals surface area (Å²) in [7, 11) is 0. The average Bonchev–Trinajstić information content (AvgIpc) is 3.13. The number of nitrogens with zero attached hydrogens (tertiary/aromatic N) is 2. The van der Waals surface area contributed by atoms with Crippen molar-refractivity contribution >= 4 is 5.96 Å². The maximum atomic E-state index is 5.89. The van der Waals surface area contributed by atoms with E-state index in [2.05, 4.69) is 42.2 Å². The Hall–Kier alpha value is -1.29. The minimum absolute atomic E-state index is 0.357. The Morgan fingerprint density at radius 1 is 1.37 bits per heavy atom. The van der Waals surface area contributed by atoms with E-state index in [1.165, 1.54) is 12.8 Å². The molecule has 0 aliphatic heterocycles. The summed E-state index contributed by atoms with van der Waals surface area (Å²) in [5.41, 5.74) is 5.89. The summed E-state index contributed by atoms with van der Waals surface area (Å²) in [6, 6.07) is 0.911. The van der Waals surface area contributed by atoms with Crippen molar-refractivity contribution in [1.29, 1.82) is 0 Å². The number of rotatable bonds is 9. The van der Waals surface area contributed by atoms with E-state index in [1.807, 2.05) is 12.2 Å². The van der Waals surface area contributed by atoms with E-state index < -0.39 is 0 Å². The molecule has 3 N–H and O–H groups in total. The van der Waals surface area contributed by atoms with E-state index in [1.54, 1.807) is 0 Å². The van der Waals surface area contributed by atoms with Gasteiger partial charge in [-0.2, -0.15) is 0 Å². The zero-order valence-corrected chi connectivity index (χ0v) is 12.3. The molecule has 0 aromatic carbocycles. The summed E-state index contributed by atoms with van der Waals surface area (Å²) in [6.45, 7) is 14.5. The third-order valence-corrected chi connectivity index (χ3v) is 3.34. The highest BCUT2D eigenvalue weighted by Gasteiger charge is 2.22. The monoisotopic (exact) mass is 264 g/mol. The second kappa shape index (κ2) is 8.00. The maximum Gasteiger partial charge on any atom is 0.188 e. The normalized spacial score (nSPS) is 17.6. The quantitative estimate of drug-likeness (QED) is 0.379. The molecule has 0 radical (unpaired) electrons. The SMILES string of the molecule is C=CCN(CC=C)C(CN=C(N)NC1CC1)C(C)C. The third kappa shape index (κ3) is 5.92. The second-order valence-corrected chi connectivity index (χ2v) is 5.49. The van der Waals surface area contributed by atoms with E-state index in [4.69, 9.17) is 5.73 Å². The second-order valence-electron chi connectivity index (χ2n) is 5.49. The molecule has 0 bridgehead atoms. The lowest BCUT2D eigenvalue weighted by Gasteiger charge is -2.31. The van der Waals surface area contributed by atoms with Crippen LogP contribution in [0.3, 0.4) is 0 Å². The molecular formula is C15H28N4. The fraction of sp³-hybridized carbons (Fsp3) is 0.667. The van der Waals surface area contributed by atoms with Crippen molar-refractivity contribution in [3.8, 4) is 0 Å². The van der Waals surface area contributed by atoms with Gasteiger partial charge in [0.2, 0.25) is 0 Å². The lowest BCUT2D eigenvalue weighted by molar-refractivity contribution is 0.195. The van der Waals surface area contributed by atoms with Crippen LogP contribution in [-0.4, -0.2) is 42.6 Å². The first-order chi connectivity index (χ1) is 9.08. The maximum absolute atomic E-state index is 5.89. The molecule has 1 aliphatic carbocycles. The number of aliphatic imine (C=N–C) groups is 1. The molecule has 1 rings (SSSR count). The lowest BCUT2D eigenvalue weighted by atomic mass is 10.0. The molecule has 0 aromatic rings. The van der Waals surface area contributed by atoms with Crippen molar-refractivity contribution < 1.29 is 0 Å². The van der Waals surface area contributed by atoms with Gasteiger partial charge in [-0.1, -0.05) is 26.0 Å². The molecule has 1 atom stereocenters. The Balaban J connectivity index is 2.57. The van der Waals surface area contributed by atoms with E-state index in [0.717, 1.165) is 13.1 Å². The zero-order valence-electron chi connectivity index (χ0n) is 12.3. The van der Waals surface area contributed by atoms with Gasteiger partial charge in [-0.3, -0.25) is 9.89 Å². The number of hydrogen-bond donors (Lipinski definition) is 2. The predicted molar refractivity (Wildman–Crippen MR) is 83.2 cm³/mol. The smallest absolute Gasteiger partial charge is 0.188 e. The largest absolute Gasteiger partial charge is 0.370 e. The lowest BCUT2D eigenvalue weighted by Crippen LogP contribution is -2.43. The van der Waals surface area contributed by atoms with Gasteiger partial charge in [0.1, 0.15) is 0 Å². The van der Waals surface area contributed by atoms with Gasteiger partial charge in [0.05, 0.1) is 6.54 Å². The van der Waals surface area contributed by atoms with E-state index >= 15 is 0 Å². The van der Waals surface area contributed by atoms with Crippen molar-refractivity contribution in [2.24, 2.45) is 16.6 Å². The molecular weight excluding hydrogens is 236 g/mol. The summed E-state index contributed by atoms with van der Waals surface area (Å²) in [5, 5.41) is 3.22. The van der Waals surface area contributed by atoms with Gasteiger partial charge in [-0.25, -0.2) is 0 Å². The summed E-state index contributed by atoms with van der Waals surface area (Å²) in [4.78, 5) is 6.82. The van der Waals surface area contributed by atoms with Crippen molar-refractivity contribution in [2.45, 2.75) is 38.8 Å². The number of hydrogen-bond acceptors (Lipinski definition) is 2. The molecule has 0 aromatic heterocycles.